The molecule has 3 aliphatic rings. The number of hydrogen-bond donors (Lipinski definition) is 1. The summed E-state index contributed by atoms with van der Waals surface area (Å²) in [7, 11) is 0. The molecule has 104 valence electrons. The molecule has 0 amide bonds. The lowest BCUT2D eigenvalue weighted by Crippen LogP contribution is -2.55. The van der Waals surface area contributed by atoms with Crippen molar-refractivity contribution in [2.24, 2.45) is 5.92 Å². The van der Waals surface area contributed by atoms with Crippen molar-refractivity contribution in [3.63, 3.8) is 0 Å². The van der Waals surface area contributed by atoms with E-state index in [1.165, 1.54) is 84.3 Å². The Kier molecular flexibility index (Phi) is 4.55. The van der Waals surface area contributed by atoms with Gasteiger partial charge in [0, 0.05) is 25.7 Å². The standard InChI is InChI=1S/C15H29N3/c1-2-9-18-12-11-17(13-15(18)3-1)10-6-14-4-7-16-8-5-14/h14-16H,1-13H2. The highest BCUT2D eigenvalue weighted by Gasteiger charge is 2.28. The fraction of sp³-hybridized carbons (Fsp3) is 1.00. The first-order chi connectivity index (χ1) is 8.92. The highest BCUT2D eigenvalue weighted by molar-refractivity contribution is 4.85. The molecule has 3 aliphatic heterocycles. The Morgan fingerprint density at radius 2 is 1.83 bits per heavy atom. The van der Waals surface area contributed by atoms with Gasteiger partial charge in [-0.3, -0.25) is 4.90 Å². The quantitative estimate of drug-likeness (QED) is 0.821. The summed E-state index contributed by atoms with van der Waals surface area (Å²) in [6.07, 6.45) is 8.60. The van der Waals surface area contributed by atoms with E-state index >= 15 is 0 Å². The van der Waals surface area contributed by atoms with Crippen LogP contribution in [0.1, 0.15) is 38.5 Å². The van der Waals surface area contributed by atoms with Gasteiger partial charge in [0.25, 0.3) is 0 Å². The fourth-order valence-corrected chi connectivity index (χ4v) is 3.96. The Balaban J connectivity index is 1.40. The van der Waals surface area contributed by atoms with Crippen LogP contribution in [-0.2, 0) is 0 Å². The third-order valence-electron chi connectivity index (χ3n) is 5.23. The third kappa shape index (κ3) is 3.25. The van der Waals surface area contributed by atoms with Gasteiger partial charge in [0.15, 0.2) is 0 Å². The summed E-state index contributed by atoms with van der Waals surface area (Å²) >= 11 is 0. The topological polar surface area (TPSA) is 18.5 Å². The predicted octanol–water partition coefficient (Wildman–Crippen LogP) is 1.55. The molecule has 0 aromatic carbocycles. The van der Waals surface area contributed by atoms with E-state index in [1.54, 1.807) is 0 Å². The normalized spacial score (nSPS) is 32.3. The lowest BCUT2D eigenvalue weighted by molar-refractivity contribution is 0.0460. The van der Waals surface area contributed by atoms with Gasteiger partial charge in [-0.15, -0.1) is 0 Å². The Bertz CT molecular complexity index is 250. The molecule has 0 spiro atoms. The molecule has 0 aromatic heterocycles. The van der Waals surface area contributed by atoms with Crippen molar-refractivity contribution in [3.05, 3.63) is 0 Å². The highest BCUT2D eigenvalue weighted by atomic mass is 15.3. The van der Waals surface area contributed by atoms with Gasteiger partial charge in [0.1, 0.15) is 0 Å². The molecule has 0 radical (unpaired) electrons. The van der Waals surface area contributed by atoms with Gasteiger partial charge >= 0.3 is 0 Å². The molecule has 3 fully saturated rings. The van der Waals surface area contributed by atoms with Crippen LogP contribution in [0.2, 0.25) is 0 Å². The summed E-state index contributed by atoms with van der Waals surface area (Å²) in [6, 6.07) is 0.889. The van der Waals surface area contributed by atoms with Crippen molar-refractivity contribution in [2.75, 3.05) is 45.8 Å². The lowest BCUT2D eigenvalue weighted by atomic mass is 9.94. The molecule has 0 saturated carbocycles. The molecule has 1 unspecified atom stereocenters. The first kappa shape index (κ1) is 12.9. The summed E-state index contributed by atoms with van der Waals surface area (Å²) in [5, 5.41) is 3.47. The molecule has 1 atom stereocenters. The van der Waals surface area contributed by atoms with Crippen molar-refractivity contribution in [2.45, 2.75) is 44.6 Å². The van der Waals surface area contributed by atoms with Crippen LogP contribution in [0.5, 0.6) is 0 Å². The molecule has 1 N–H and O–H groups in total. The first-order valence-corrected chi connectivity index (χ1v) is 8.09. The summed E-state index contributed by atoms with van der Waals surface area (Å²) < 4.78 is 0. The molecule has 0 aliphatic carbocycles. The first-order valence-electron chi connectivity index (χ1n) is 8.09. The van der Waals surface area contributed by atoms with Crippen LogP contribution in [0.4, 0.5) is 0 Å². The number of nitrogens with one attached hydrogen (secondary N) is 1. The van der Waals surface area contributed by atoms with Crippen molar-refractivity contribution in [1.82, 2.24) is 15.1 Å². The molecule has 3 saturated heterocycles. The van der Waals surface area contributed by atoms with Gasteiger partial charge in [-0.25, -0.2) is 0 Å². The van der Waals surface area contributed by atoms with E-state index in [0.717, 1.165) is 12.0 Å². The lowest BCUT2D eigenvalue weighted by Gasteiger charge is -2.44. The van der Waals surface area contributed by atoms with Gasteiger partial charge in [0.05, 0.1) is 0 Å². The molecular weight excluding hydrogens is 222 g/mol. The van der Waals surface area contributed by atoms with Crippen LogP contribution in [0, 0.1) is 5.92 Å². The largest absolute Gasteiger partial charge is 0.317 e. The predicted molar refractivity (Wildman–Crippen MR) is 75.9 cm³/mol. The van der Waals surface area contributed by atoms with Crippen LogP contribution in [-0.4, -0.2) is 61.7 Å². The zero-order valence-electron chi connectivity index (χ0n) is 11.7. The van der Waals surface area contributed by atoms with Crippen molar-refractivity contribution >= 4 is 0 Å². The molecule has 3 heteroatoms. The third-order valence-corrected chi connectivity index (χ3v) is 5.23. The summed E-state index contributed by atoms with van der Waals surface area (Å²) in [5.74, 6) is 0.996. The van der Waals surface area contributed by atoms with Gasteiger partial charge in [-0.05, 0) is 64.2 Å². The van der Waals surface area contributed by atoms with E-state index in [4.69, 9.17) is 0 Å². The maximum absolute atomic E-state index is 3.47. The van der Waals surface area contributed by atoms with Gasteiger partial charge in [-0.1, -0.05) is 6.42 Å². The van der Waals surface area contributed by atoms with Crippen molar-refractivity contribution in [3.8, 4) is 0 Å². The van der Waals surface area contributed by atoms with Gasteiger partial charge in [0.2, 0.25) is 0 Å². The molecule has 0 bridgehead atoms. The van der Waals surface area contributed by atoms with Crippen molar-refractivity contribution in [1.29, 1.82) is 0 Å². The SMILES string of the molecule is C1CCN2CCN(CCC3CCNCC3)CC2C1. The molecule has 3 nitrogen and oxygen atoms in total. The van der Waals surface area contributed by atoms with E-state index in [0.29, 0.717) is 0 Å². The van der Waals surface area contributed by atoms with E-state index in [-0.39, 0.29) is 0 Å². The monoisotopic (exact) mass is 251 g/mol. The average molecular weight is 251 g/mol. The summed E-state index contributed by atoms with van der Waals surface area (Å²) in [5.41, 5.74) is 0. The van der Waals surface area contributed by atoms with Crippen LogP contribution in [0.25, 0.3) is 0 Å². The zero-order chi connectivity index (χ0) is 12.2. The number of piperazine rings is 1. The fourth-order valence-electron chi connectivity index (χ4n) is 3.96. The van der Waals surface area contributed by atoms with Crippen molar-refractivity contribution < 1.29 is 0 Å². The van der Waals surface area contributed by atoms with E-state index in [1.807, 2.05) is 0 Å². The Morgan fingerprint density at radius 3 is 2.72 bits per heavy atom. The minimum Gasteiger partial charge on any atom is -0.317 e. The van der Waals surface area contributed by atoms with Gasteiger partial charge in [-0.2, -0.15) is 0 Å². The van der Waals surface area contributed by atoms with Crippen LogP contribution in [0.15, 0.2) is 0 Å². The smallest absolute Gasteiger partial charge is 0.0223 e. The summed E-state index contributed by atoms with van der Waals surface area (Å²) in [6.45, 7) is 9.23. The zero-order valence-corrected chi connectivity index (χ0v) is 11.7. The minimum atomic E-state index is 0.889. The van der Waals surface area contributed by atoms with E-state index in [9.17, 15) is 0 Å². The summed E-state index contributed by atoms with van der Waals surface area (Å²) in [4.78, 5) is 5.49. The van der Waals surface area contributed by atoms with Crippen LogP contribution >= 0.6 is 0 Å². The Morgan fingerprint density at radius 1 is 0.944 bits per heavy atom. The van der Waals surface area contributed by atoms with Crippen LogP contribution < -0.4 is 5.32 Å². The molecule has 3 rings (SSSR count). The maximum Gasteiger partial charge on any atom is 0.0223 e. The number of rotatable bonds is 3. The number of piperidine rings is 2. The number of hydrogen-bond acceptors (Lipinski definition) is 3. The second kappa shape index (κ2) is 6.36. The maximum atomic E-state index is 3.47. The van der Waals surface area contributed by atoms with E-state index in [2.05, 4.69) is 15.1 Å². The Hall–Kier alpha value is -0.120. The average Bonchev–Trinajstić information content (AvgIpc) is 2.46. The number of nitrogens with zero attached hydrogens (tertiary/aromatic N) is 2. The molecular formula is C15H29N3. The minimum absolute atomic E-state index is 0.889. The molecule has 3 heterocycles. The number of fused-ring (bicyclic) bond motifs is 1. The molecule has 18 heavy (non-hydrogen) atoms. The second-order valence-corrected chi connectivity index (χ2v) is 6.47. The van der Waals surface area contributed by atoms with Gasteiger partial charge < -0.3 is 10.2 Å². The molecule has 0 aromatic rings. The van der Waals surface area contributed by atoms with Crippen LogP contribution in [0.3, 0.4) is 0 Å². The Labute approximate surface area is 112 Å². The second-order valence-electron chi connectivity index (χ2n) is 6.47. The highest BCUT2D eigenvalue weighted by Crippen LogP contribution is 2.22. The van der Waals surface area contributed by atoms with E-state index < -0.39 is 0 Å².